The van der Waals surface area contributed by atoms with Gasteiger partial charge in [0.2, 0.25) is 5.91 Å². The van der Waals surface area contributed by atoms with Crippen molar-refractivity contribution in [2.24, 2.45) is 5.92 Å². The van der Waals surface area contributed by atoms with Crippen LogP contribution >= 0.6 is 0 Å². The van der Waals surface area contributed by atoms with Crippen molar-refractivity contribution in [3.8, 4) is 0 Å². The van der Waals surface area contributed by atoms with Gasteiger partial charge in [0.25, 0.3) is 0 Å². The number of carboxylic acid groups (broad SMARTS) is 1. The molecular weight excluding hydrogens is 208 g/mol. The van der Waals surface area contributed by atoms with Gasteiger partial charge in [0.15, 0.2) is 0 Å². The van der Waals surface area contributed by atoms with Crippen molar-refractivity contribution in [1.82, 2.24) is 10.2 Å². The van der Waals surface area contributed by atoms with Crippen LogP contribution in [-0.4, -0.2) is 48.6 Å². The highest BCUT2D eigenvalue weighted by molar-refractivity contribution is 5.79. The monoisotopic (exact) mass is 228 g/mol. The summed E-state index contributed by atoms with van der Waals surface area (Å²) >= 11 is 0. The number of nitrogens with one attached hydrogen (secondary N) is 1. The Morgan fingerprint density at radius 3 is 2.81 bits per heavy atom. The molecule has 0 aromatic heterocycles. The summed E-state index contributed by atoms with van der Waals surface area (Å²) < 4.78 is 0. The van der Waals surface area contributed by atoms with Gasteiger partial charge in [-0.1, -0.05) is 0 Å². The molecule has 2 N–H and O–H groups in total. The van der Waals surface area contributed by atoms with E-state index in [0.717, 1.165) is 25.9 Å². The van der Waals surface area contributed by atoms with E-state index < -0.39 is 5.97 Å². The Balaban J connectivity index is 2.26. The summed E-state index contributed by atoms with van der Waals surface area (Å²) in [5.74, 6) is -0.596. The van der Waals surface area contributed by atoms with E-state index in [2.05, 4.69) is 5.32 Å². The van der Waals surface area contributed by atoms with E-state index in [1.807, 2.05) is 0 Å². The Labute approximate surface area is 95.8 Å². The Hall–Kier alpha value is -1.10. The second-order valence-corrected chi connectivity index (χ2v) is 4.30. The van der Waals surface area contributed by atoms with Crippen LogP contribution in [0.3, 0.4) is 0 Å². The third-order valence-corrected chi connectivity index (χ3v) is 2.91. The predicted octanol–water partition coefficient (Wildman–Crippen LogP) is 0.309. The van der Waals surface area contributed by atoms with Crippen molar-refractivity contribution >= 4 is 11.9 Å². The number of piperidine rings is 1. The largest absolute Gasteiger partial charge is 0.481 e. The maximum atomic E-state index is 11.9. The summed E-state index contributed by atoms with van der Waals surface area (Å²) in [6, 6.07) is 0. The Morgan fingerprint density at radius 1 is 1.50 bits per heavy atom. The van der Waals surface area contributed by atoms with E-state index in [-0.39, 0.29) is 18.2 Å². The van der Waals surface area contributed by atoms with E-state index in [1.165, 1.54) is 0 Å². The molecule has 1 aliphatic rings. The Morgan fingerprint density at radius 2 is 2.25 bits per heavy atom. The minimum atomic E-state index is -0.805. The molecular formula is C11H20N2O3. The molecule has 0 aliphatic carbocycles. The summed E-state index contributed by atoms with van der Waals surface area (Å²) in [6.07, 6.45) is 2.63. The lowest BCUT2D eigenvalue weighted by atomic mass is 9.98. The highest BCUT2D eigenvalue weighted by atomic mass is 16.4. The van der Waals surface area contributed by atoms with Crippen LogP contribution in [0.2, 0.25) is 0 Å². The number of aliphatic carboxylic acids is 1. The lowest BCUT2D eigenvalue weighted by Gasteiger charge is -2.26. The summed E-state index contributed by atoms with van der Waals surface area (Å²) in [7, 11) is 1.75. The Kier molecular flexibility index (Phi) is 5.25. The second-order valence-electron chi connectivity index (χ2n) is 4.30. The van der Waals surface area contributed by atoms with Gasteiger partial charge < -0.3 is 15.3 Å². The van der Waals surface area contributed by atoms with Gasteiger partial charge in [-0.25, -0.2) is 0 Å². The van der Waals surface area contributed by atoms with Crippen molar-refractivity contribution in [3.05, 3.63) is 0 Å². The van der Waals surface area contributed by atoms with Crippen molar-refractivity contribution < 1.29 is 14.7 Å². The fraction of sp³-hybridized carbons (Fsp3) is 0.818. The fourth-order valence-corrected chi connectivity index (χ4v) is 1.95. The van der Waals surface area contributed by atoms with Crippen LogP contribution in [0.25, 0.3) is 0 Å². The van der Waals surface area contributed by atoms with Gasteiger partial charge in [0.1, 0.15) is 0 Å². The Bertz CT molecular complexity index is 250. The molecule has 1 unspecified atom stereocenters. The van der Waals surface area contributed by atoms with Crippen LogP contribution < -0.4 is 5.32 Å². The average molecular weight is 228 g/mol. The van der Waals surface area contributed by atoms with E-state index in [9.17, 15) is 9.59 Å². The van der Waals surface area contributed by atoms with Crippen LogP contribution in [0.1, 0.15) is 25.7 Å². The van der Waals surface area contributed by atoms with Gasteiger partial charge in [0, 0.05) is 26.6 Å². The number of carboxylic acids is 1. The number of amides is 1. The second kappa shape index (κ2) is 6.48. The molecule has 0 aromatic carbocycles. The predicted molar refractivity (Wildman–Crippen MR) is 60.1 cm³/mol. The van der Waals surface area contributed by atoms with Gasteiger partial charge in [-0.3, -0.25) is 9.59 Å². The zero-order valence-corrected chi connectivity index (χ0v) is 9.74. The summed E-state index contributed by atoms with van der Waals surface area (Å²) in [5, 5.41) is 11.7. The molecule has 92 valence electrons. The van der Waals surface area contributed by atoms with Gasteiger partial charge in [0.05, 0.1) is 5.92 Å². The van der Waals surface area contributed by atoms with E-state index in [1.54, 1.807) is 11.9 Å². The van der Waals surface area contributed by atoms with Crippen LogP contribution in [0.4, 0.5) is 0 Å². The molecule has 5 heteroatoms. The molecule has 1 heterocycles. The number of hydrogen-bond acceptors (Lipinski definition) is 3. The molecule has 0 bridgehead atoms. The molecule has 0 saturated carbocycles. The third kappa shape index (κ3) is 4.18. The maximum Gasteiger partial charge on any atom is 0.303 e. The van der Waals surface area contributed by atoms with E-state index >= 15 is 0 Å². The average Bonchev–Trinajstić information content (AvgIpc) is 2.28. The fourth-order valence-electron chi connectivity index (χ4n) is 1.95. The molecule has 1 fully saturated rings. The minimum absolute atomic E-state index is 0.0728. The van der Waals surface area contributed by atoms with E-state index in [0.29, 0.717) is 13.0 Å². The first-order valence-electron chi connectivity index (χ1n) is 5.78. The molecule has 0 aromatic rings. The molecule has 1 aliphatic heterocycles. The molecule has 1 saturated heterocycles. The quantitative estimate of drug-likeness (QED) is 0.710. The van der Waals surface area contributed by atoms with Crippen molar-refractivity contribution in [1.29, 1.82) is 0 Å². The van der Waals surface area contributed by atoms with Gasteiger partial charge in [-0.15, -0.1) is 0 Å². The highest BCUT2D eigenvalue weighted by Crippen LogP contribution is 2.12. The third-order valence-electron chi connectivity index (χ3n) is 2.91. The standard InChI is InChI=1S/C11H20N2O3/c1-13(7-3-5-10(14)15)11(16)9-4-2-6-12-8-9/h9,12H,2-8H2,1H3,(H,14,15). The van der Waals surface area contributed by atoms with Crippen molar-refractivity contribution in [2.45, 2.75) is 25.7 Å². The number of rotatable bonds is 5. The molecule has 1 atom stereocenters. The zero-order valence-electron chi connectivity index (χ0n) is 9.74. The smallest absolute Gasteiger partial charge is 0.303 e. The molecule has 0 spiro atoms. The number of nitrogens with zero attached hydrogens (tertiary/aromatic N) is 1. The van der Waals surface area contributed by atoms with Crippen LogP contribution in [-0.2, 0) is 9.59 Å². The molecule has 0 radical (unpaired) electrons. The van der Waals surface area contributed by atoms with Crippen LogP contribution in [0.15, 0.2) is 0 Å². The number of hydrogen-bond donors (Lipinski definition) is 2. The SMILES string of the molecule is CN(CCCC(=O)O)C(=O)C1CCCNC1. The topological polar surface area (TPSA) is 69.6 Å². The molecule has 1 amide bonds. The highest BCUT2D eigenvalue weighted by Gasteiger charge is 2.23. The summed E-state index contributed by atoms with van der Waals surface area (Å²) in [5.41, 5.74) is 0. The van der Waals surface area contributed by atoms with Gasteiger partial charge in [-0.2, -0.15) is 0 Å². The maximum absolute atomic E-state index is 11.9. The lowest BCUT2D eigenvalue weighted by molar-refractivity contribution is -0.138. The zero-order chi connectivity index (χ0) is 12.0. The minimum Gasteiger partial charge on any atom is -0.481 e. The molecule has 1 rings (SSSR count). The van der Waals surface area contributed by atoms with Gasteiger partial charge >= 0.3 is 5.97 Å². The lowest BCUT2D eigenvalue weighted by Crippen LogP contribution is -2.41. The normalized spacial score (nSPS) is 20.4. The van der Waals surface area contributed by atoms with Crippen molar-refractivity contribution in [3.63, 3.8) is 0 Å². The first kappa shape index (κ1) is 13.0. The first-order valence-corrected chi connectivity index (χ1v) is 5.78. The van der Waals surface area contributed by atoms with Gasteiger partial charge in [-0.05, 0) is 25.8 Å². The van der Waals surface area contributed by atoms with Crippen molar-refractivity contribution in [2.75, 3.05) is 26.7 Å². The van der Waals surface area contributed by atoms with E-state index in [4.69, 9.17) is 5.11 Å². The molecule has 5 nitrogen and oxygen atoms in total. The first-order chi connectivity index (χ1) is 7.61. The summed E-state index contributed by atoms with van der Waals surface area (Å²) in [6.45, 7) is 2.27. The summed E-state index contributed by atoms with van der Waals surface area (Å²) in [4.78, 5) is 23.9. The number of carbonyl (C=O) groups excluding carboxylic acids is 1. The van der Waals surface area contributed by atoms with Crippen LogP contribution in [0, 0.1) is 5.92 Å². The number of carbonyl (C=O) groups is 2. The van der Waals surface area contributed by atoms with Crippen LogP contribution in [0.5, 0.6) is 0 Å². The molecule has 16 heavy (non-hydrogen) atoms.